The van der Waals surface area contributed by atoms with Crippen LogP contribution in [0.4, 0.5) is 0 Å². The summed E-state index contributed by atoms with van der Waals surface area (Å²) in [6.07, 6.45) is 3.60. The fourth-order valence-electron chi connectivity index (χ4n) is 2.65. The summed E-state index contributed by atoms with van der Waals surface area (Å²) < 4.78 is 5.92. The fraction of sp³-hybridized carbons (Fsp3) is 1.00. The first-order valence-corrected chi connectivity index (χ1v) is 5.77. The third-order valence-electron chi connectivity index (χ3n) is 3.67. The maximum atomic E-state index is 5.95. The van der Waals surface area contributed by atoms with E-state index >= 15 is 0 Å². The summed E-state index contributed by atoms with van der Waals surface area (Å²) >= 11 is 0. The molecule has 0 aromatic heterocycles. The molecule has 5 heteroatoms. The van der Waals surface area contributed by atoms with Crippen molar-refractivity contribution in [3.05, 3.63) is 0 Å². The molecule has 0 aliphatic heterocycles. The van der Waals surface area contributed by atoms with Gasteiger partial charge in [0.1, 0.15) is 0 Å². The Morgan fingerprint density at radius 3 is 1.13 bits per heavy atom. The smallest absolute Gasteiger partial charge is 0.0881 e. The number of ether oxygens (including phenoxy) is 1. The van der Waals surface area contributed by atoms with Gasteiger partial charge in [-0.3, -0.25) is 0 Å². The molecule has 0 amide bonds. The van der Waals surface area contributed by atoms with Gasteiger partial charge in [-0.2, -0.15) is 0 Å². The fourth-order valence-corrected chi connectivity index (χ4v) is 2.65. The van der Waals surface area contributed by atoms with E-state index in [1.165, 1.54) is 0 Å². The van der Waals surface area contributed by atoms with E-state index in [0.29, 0.717) is 0 Å². The van der Waals surface area contributed by atoms with E-state index in [1.54, 1.807) is 0 Å². The summed E-state index contributed by atoms with van der Waals surface area (Å²) in [5.41, 5.74) is 23.8. The van der Waals surface area contributed by atoms with Gasteiger partial charge in [0.15, 0.2) is 0 Å². The van der Waals surface area contributed by atoms with Crippen LogP contribution in [0.5, 0.6) is 0 Å². The van der Waals surface area contributed by atoms with Crippen LogP contribution in [-0.4, -0.2) is 36.4 Å². The number of hydrogen-bond acceptors (Lipinski definition) is 5. The normalized spacial score (nSPS) is 51.2. The predicted molar refractivity (Wildman–Crippen MR) is 59.0 cm³/mol. The van der Waals surface area contributed by atoms with Crippen LogP contribution >= 0.6 is 0 Å². The van der Waals surface area contributed by atoms with Gasteiger partial charge in [0, 0.05) is 24.2 Å². The monoisotopic (exact) mass is 214 g/mol. The molecular weight excluding hydrogens is 192 g/mol. The van der Waals surface area contributed by atoms with Gasteiger partial charge < -0.3 is 27.7 Å². The summed E-state index contributed by atoms with van der Waals surface area (Å²) in [6, 6.07) is 0.167. The van der Waals surface area contributed by atoms with Crippen molar-refractivity contribution in [1.82, 2.24) is 0 Å². The Morgan fingerprint density at radius 2 is 0.867 bits per heavy atom. The summed E-state index contributed by atoms with van der Waals surface area (Å²) in [5.74, 6) is 0. The lowest BCUT2D eigenvalue weighted by atomic mass is 10.1. The largest absolute Gasteiger partial charge is 0.369 e. The molecule has 2 aliphatic carbocycles. The standard InChI is InChI=1S/C10H22N4O/c11-5-1-2-6(12)9(5)15-10-7(13)3-4-8(10)14/h5-10H,1-4,11-14H2. The van der Waals surface area contributed by atoms with Crippen molar-refractivity contribution in [2.24, 2.45) is 22.9 Å². The number of nitrogens with two attached hydrogens (primary N) is 4. The molecule has 2 saturated carbocycles. The zero-order valence-corrected chi connectivity index (χ0v) is 9.01. The van der Waals surface area contributed by atoms with Gasteiger partial charge in [-0.15, -0.1) is 0 Å². The SMILES string of the molecule is NC1CCC(N)C1OC1C(N)CCC1N. The van der Waals surface area contributed by atoms with E-state index in [-0.39, 0.29) is 36.4 Å². The minimum Gasteiger partial charge on any atom is -0.369 e. The molecule has 88 valence electrons. The first-order chi connectivity index (χ1) is 7.09. The molecule has 4 atom stereocenters. The molecule has 0 radical (unpaired) electrons. The average molecular weight is 214 g/mol. The lowest BCUT2D eigenvalue weighted by Crippen LogP contribution is -2.50. The molecule has 2 rings (SSSR count). The molecule has 15 heavy (non-hydrogen) atoms. The Balaban J connectivity index is 1.95. The van der Waals surface area contributed by atoms with Crippen LogP contribution in [0.3, 0.4) is 0 Å². The second-order valence-corrected chi connectivity index (χ2v) is 4.88. The highest BCUT2D eigenvalue weighted by atomic mass is 16.5. The van der Waals surface area contributed by atoms with Gasteiger partial charge in [0.2, 0.25) is 0 Å². The molecule has 4 unspecified atom stereocenters. The van der Waals surface area contributed by atoms with Crippen LogP contribution in [0.15, 0.2) is 0 Å². The van der Waals surface area contributed by atoms with Crippen LogP contribution in [0.1, 0.15) is 25.7 Å². The van der Waals surface area contributed by atoms with E-state index in [2.05, 4.69) is 0 Å². The lowest BCUT2D eigenvalue weighted by Gasteiger charge is -2.29. The van der Waals surface area contributed by atoms with Crippen molar-refractivity contribution in [2.45, 2.75) is 62.1 Å². The molecule has 2 fully saturated rings. The minimum absolute atomic E-state index is 0.0417. The van der Waals surface area contributed by atoms with Gasteiger partial charge in [0.25, 0.3) is 0 Å². The summed E-state index contributed by atoms with van der Waals surface area (Å²) in [4.78, 5) is 0. The topological polar surface area (TPSA) is 113 Å². The van der Waals surface area contributed by atoms with Gasteiger partial charge in [0.05, 0.1) is 12.2 Å². The van der Waals surface area contributed by atoms with Crippen LogP contribution in [0, 0.1) is 0 Å². The zero-order chi connectivity index (χ0) is 11.0. The van der Waals surface area contributed by atoms with Crippen LogP contribution in [-0.2, 0) is 4.74 Å². The first kappa shape index (κ1) is 11.3. The highest BCUT2D eigenvalue weighted by molar-refractivity contribution is 4.97. The summed E-state index contributed by atoms with van der Waals surface area (Å²) in [5, 5.41) is 0. The van der Waals surface area contributed by atoms with E-state index in [4.69, 9.17) is 27.7 Å². The first-order valence-electron chi connectivity index (χ1n) is 5.77. The van der Waals surface area contributed by atoms with Gasteiger partial charge in [-0.25, -0.2) is 0 Å². The predicted octanol–water partition coefficient (Wildman–Crippen LogP) is -1.36. The Labute approximate surface area is 90.5 Å². The Morgan fingerprint density at radius 1 is 0.600 bits per heavy atom. The van der Waals surface area contributed by atoms with Crippen molar-refractivity contribution < 1.29 is 4.74 Å². The minimum atomic E-state index is -0.0646. The molecule has 0 heterocycles. The second kappa shape index (κ2) is 4.35. The van der Waals surface area contributed by atoms with Crippen molar-refractivity contribution in [3.63, 3.8) is 0 Å². The lowest BCUT2D eigenvalue weighted by molar-refractivity contribution is -0.0329. The molecule has 8 N–H and O–H groups in total. The summed E-state index contributed by atoms with van der Waals surface area (Å²) in [7, 11) is 0. The highest BCUT2D eigenvalue weighted by Crippen LogP contribution is 2.26. The molecule has 0 aromatic carbocycles. The van der Waals surface area contributed by atoms with Gasteiger partial charge >= 0.3 is 0 Å². The Bertz CT molecular complexity index is 183. The second-order valence-electron chi connectivity index (χ2n) is 4.88. The Kier molecular flexibility index (Phi) is 3.27. The molecule has 5 nitrogen and oxygen atoms in total. The van der Waals surface area contributed by atoms with Crippen molar-refractivity contribution in [1.29, 1.82) is 0 Å². The molecule has 0 bridgehead atoms. The van der Waals surface area contributed by atoms with Crippen molar-refractivity contribution in [3.8, 4) is 0 Å². The quantitative estimate of drug-likeness (QED) is 0.453. The van der Waals surface area contributed by atoms with Crippen LogP contribution in [0.25, 0.3) is 0 Å². The summed E-state index contributed by atoms with van der Waals surface area (Å²) in [6.45, 7) is 0. The Hall–Kier alpha value is -0.200. The molecule has 0 spiro atoms. The molecular formula is C10H22N4O. The molecule has 0 saturated heterocycles. The van der Waals surface area contributed by atoms with Gasteiger partial charge in [-0.05, 0) is 25.7 Å². The maximum Gasteiger partial charge on any atom is 0.0881 e. The third-order valence-corrected chi connectivity index (χ3v) is 3.67. The van der Waals surface area contributed by atoms with Crippen molar-refractivity contribution in [2.75, 3.05) is 0 Å². The molecule has 0 aromatic rings. The van der Waals surface area contributed by atoms with E-state index in [1.807, 2.05) is 0 Å². The number of rotatable bonds is 2. The van der Waals surface area contributed by atoms with Crippen LogP contribution < -0.4 is 22.9 Å². The van der Waals surface area contributed by atoms with Gasteiger partial charge in [-0.1, -0.05) is 0 Å². The van der Waals surface area contributed by atoms with E-state index in [0.717, 1.165) is 25.7 Å². The third kappa shape index (κ3) is 2.16. The average Bonchev–Trinajstić information content (AvgIpc) is 2.67. The van der Waals surface area contributed by atoms with Crippen LogP contribution in [0.2, 0.25) is 0 Å². The molecule has 2 aliphatic rings. The van der Waals surface area contributed by atoms with Crippen molar-refractivity contribution >= 4 is 0 Å². The zero-order valence-electron chi connectivity index (χ0n) is 9.01. The maximum absolute atomic E-state index is 5.95. The number of hydrogen-bond donors (Lipinski definition) is 4. The van der Waals surface area contributed by atoms with E-state index < -0.39 is 0 Å². The highest BCUT2D eigenvalue weighted by Gasteiger charge is 2.39. The van der Waals surface area contributed by atoms with E-state index in [9.17, 15) is 0 Å².